The van der Waals surface area contributed by atoms with Crippen LogP contribution in [-0.2, 0) is 9.59 Å². The van der Waals surface area contributed by atoms with E-state index in [9.17, 15) is 18.8 Å². The van der Waals surface area contributed by atoms with Crippen molar-refractivity contribution < 1.29 is 18.8 Å². The summed E-state index contributed by atoms with van der Waals surface area (Å²) in [6, 6.07) is 25.8. The number of anilines is 2. The molecule has 168 valence electrons. The molecule has 1 fully saturated rings. The van der Waals surface area contributed by atoms with Gasteiger partial charge in [-0.3, -0.25) is 14.4 Å². The first-order valence-corrected chi connectivity index (χ1v) is 11.6. The van der Waals surface area contributed by atoms with E-state index in [1.54, 1.807) is 30.3 Å². The van der Waals surface area contributed by atoms with E-state index in [4.69, 9.17) is 0 Å². The van der Waals surface area contributed by atoms with Gasteiger partial charge in [-0.2, -0.15) is 0 Å². The number of carbonyl (C=O) groups is 3. The monoisotopic (exact) mass is 470 g/mol. The van der Waals surface area contributed by atoms with Crippen molar-refractivity contribution in [3.63, 3.8) is 0 Å². The maximum atomic E-state index is 13.2. The summed E-state index contributed by atoms with van der Waals surface area (Å²) in [6.45, 7) is 0. The highest BCUT2D eigenvalue weighted by atomic mass is 32.2. The van der Waals surface area contributed by atoms with Crippen LogP contribution >= 0.6 is 11.8 Å². The van der Waals surface area contributed by atoms with Crippen molar-refractivity contribution in [2.24, 2.45) is 0 Å². The molecule has 1 aliphatic heterocycles. The molecule has 0 spiro atoms. The highest BCUT2D eigenvalue weighted by Crippen LogP contribution is 2.34. The molecule has 7 heteroatoms. The average Bonchev–Trinajstić information content (AvgIpc) is 3.13. The third-order valence-electron chi connectivity index (χ3n) is 5.59. The molecule has 4 aromatic carbocycles. The highest BCUT2D eigenvalue weighted by molar-refractivity contribution is 8.00. The fraction of sp³-hybridized carbons (Fsp3) is 0.0741. The molecule has 1 unspecified atom stereocenters. The predicted molar refractivity (Wildman–Crippen MR) is 131 cm³/mol. The third kappa shape index (κ3) is 4.43. The second-order valence-electron chi connectivity index (χ2n) is 7.89. The molecule has 1 aliphatic rings. The van der Waals surface area contributed by atoms with E-state index in [-0.39, 0.29) is 24.1 Å². The molecular weight excluding hydrogens is 451 g/mol. The van der Waals surface area contributed by atoms with Crippen LogP contribution in [0.2, 0.25) is 0 Å². The van der Waals surface area contributed by atoms with Gasteiger partial charge in [0.05, 0.1) is 10.9 Å². The van der Waals surface area contributed by atoms with E-state index in [1.807, 2.05) is 36.4 Å². The number of hydrogen-bond donors (Lipinski definition) is 1. The minimum atomic E-state index is -0.560. The molecule has 34 heavy (non-hydrogen) atoms. The van der Waals surface area contributed by atoms with Crippen LogP contribution in [0, 0.1) is 5.82 Å². The zero-order chi connectivity index (χ0) is 23.7. The maximum Gasteiger partial charge on any atom is 0.255 e. The van der Waals surface area contributed by atoms with Crippen molar-refractivity contribution in [1.29, 1.82) is 0 Å². The summed E-state index contributed by atoms with van der Waals surface area (Å²) in [6.07, 6.45) is 0.0708. The topological polar surface area (TPSA) is 66.5 Å². The second-order valence-corrected chi connectivity index (χ2v) is 9.17. The number of thioether (sulfide) groups is 1. The summed E-state index contributed by atoms with van der Waals surface area (Å²) >= 11 is 1.29. The Morgan fingerprint density at radius 1 is 0.882 bits per heavy atom. The van der Waals surface area contributed by atoms with Gasteiger partial charge in [-0.05, 0) is 71.4 Å². The zero-order valence-corrected chi connectivity index (χ0v) is 18.7. The van der Waals surface area contributed by atoms with Gasteiger partial charge < -0.3 is 5.32 Å². The van der Waals surface area contributed by atoms with Crippen molar-refractivity contribution in [1.82, 2.24) is 0 Å². The molecule has 1 heterocycles. The molecule has 5 rings (SSSR count). The normalized spacial score (nSPS) is 15.7. The van der Waals surface area contributed by atoms with Crippen LogP contribution in [0.5, 0.6) is 0 Å². The highest BCUT2D eigenvalue weighted by Gasteiger charge is 2.40. The van der Waals surface area contributed by atoms with Gasteiger partial charge in [-0.15, -0.1) is 11.8 Å². The van der Waals surface area contributed by atoms with Gasteiger partial charge in [0, 0.05) is 22.6 Å². The number of nitrogens with zero attached hydrogens (tertiary/aromatic N) is 1. The second kappa shape index (κ2) is 9.11. The SMILES string of the molecule is O=C(Nc1ccc(SC2CC(=O)N(c3ccc(F)cc3)C2=O)cc1)c1ccc2ccccc2c1. The van der Waals surface area contributed by atoms with E-state index in [0.29, 0.717) is 16.9 Å². The number of nitrogens with one attached hydrogen (secondary N) is 1. The van der Waals surface area contributed by atoms with Crippen LogP contribution in [0.1, 0.15) is 16.8 Å². The zero-order valence-electron chi connectivity index (χ0n) is 17.9. The van der Waals surface area contributed by atoms with Crippen LogP contribution in [0.3, 0.4) is 0 Å². The van der Waals surface area contributed by atoms with Crippen molar-refractivity contribution in [3.8, 4) is 0 Å². The Hall–Kier alpha value is -3.97. The molecule has 3 amide bonds. The third-order valence-corrected chi connectivity index (χ3v) is 6.79. The summed E-state index contributed by atoms with van der Waals surface area (Å²) in [4.78, 5) is 39.8. The average molecular weight is 471 g/mol. The number of hydrogen-bond acceptors (Lipinski definition) is 4. The summed E-state index contributed by atoms with van der Waals surface area (Å²) < 4.78 is 13.2. The summed E-state index contributed by atoms with van der Waals surface area (Å²) in [5, 5.41) is 4.39. The quantitative estimate of drug-likeness (QED) is 0.383. The van der Waals surface area contributed by atoms with E-state index < -0.39 is 11.1 Å². The molecule has 0 aliphatic carbocycles. The minimum absolute atomic E-state index is 0.0708. The van der Waals surface area contributed by atoms with Crippen LogP contribution < -0.4 is 10.2 Å². The smallest absolute Gasteiger partial charge is 0.255 e. The number of carbonyl (C=O) groups excluding carboxylic acids is 3. The lowest BCUT2D eigenvalue weighted by Gasteiger charge is -2.15. The van der Waals surface area contributed by atoms with Gasteiger partial charge >= 0.3 is 0 Å². The first-order valence-electron chi connectivity index (χ1n) is 10.7. The van der Waals surface area contributed by atoms with Crippen molar-refractivity contribution >= 4 is 51.6 Å². The lowest BCUT2D eigenvalue weighted by atomic mass is 10.1. The lowest BCUT2D eigenvalue weighted by molar-refractivity contribution is -0.121. The van der Waals surface area contributed by atoms with Crippen molar-refractivity contribution in [2.45, 2.75) is 16.6 Å². The molecule has 0 saturated carbocycles. The van der Waals surface area contributed by atoms with Crippen LogP contribution in [0.4, 0.5) is 15.8 Å². The number of amides is 3. The van der Waals surface area contributed by atoms with Crippen molar-refractivity contribution in [2.75, 3.05) is 10.2 Å². The van der Waals surface area contributed by atoms with Gasteiger partial charge in [0.15, 0.2) is 0 Å². The molecule has 1 saturated heterocycles. The van der Waals surface area contributed by atoms with Crippen LogP contribution in [0.25, 0.3) is 10.8 Å². The fourth-order valence-corrected chi connectivity index (χ4v) is 4.93. The number of benzene rings is 4. The van der Waals surface area contributed by atoms with Gasteiger partial charge in [-0.25, -0.2) is 9.29 Å². The summed E-state index contributed by atoms with van der Waals surface area (Å²) in [5.74, 6) is -1.28. The van der Waals surface area contributed by atoms with E-state index in [0.717, 1.165) is 20.6 Å². The van der Waals surface area contributed by atoms with Crippen LogP contribution in [-0.4, -0.2) is 23.0 Å². The van der Waals surface area contributed by atoms with E-state index in [1.165, 1.54) is 36.0 Å². The van der Waals surface area contributed by atoms with Gasteiger partial charge in [-0.1, -0.05) is 30.3 Å². The molecule has 1 atom stereocenters. The van der Waals surface area contributed by atoms with Crippen LogP contribution in [0.15, 0.2) is 95.9 Å². The maximum absolute atomic E-state index is 13.2. The number of rotatable bonds is 5. The first-order chi connectivity index (χ1) is 16.5. The van der Waals surface area contributed by atoms with E-state index in [2.05, 4.69) is 5.32 Å². The molecule has 1 N–H and O–H groups in total. The lowest BCUT2D eigenvalue weighted by Crippen LogP contribution is -2.31. The van der Waals surface area contributed by atoms with Gasteiger partial charge in [0.25, 0.3) is 5.91 Å². The predicted octanol–water partition coefficient (Wildman–Crippen LogP) is 5.66. The fourth-order valence-electron chi connectivity index (χ4n) is 3.87. The number of halogens is 1. The number of fused-ring (bicyclic) bond motifs is 1. The Labute approximate surface area is 199 Å². The van der Waals surface area contributed by atoms with Crippen molar-refractivity contribution in [3.05, 3.63) is 102 Å². The van der Waals surface area contributed by atoms with Gasteiger partial charge in [0.2, 0.25) is 11.8 Å². The Balaban J connectivity index is 1.24. The molecule has 4 aromatic rings. The van der Waals surface area contributed by atoms with Gasteiger partial charge in [0.1, 0.15) is 5.82 Å². The minimum Gasteiger partial charge on any atom is -0.322 e. The van der Waals surface area contributed by atoms with E-state index >= 15 is 0 Å². The Kier molecular flexibility index (Phi) is 5.86. The summed E-state index contributed by atoms with van der Waals surface area (Å²) in [7, 11) is 0. The molecule has 0 aromatic heterocycles. The Morgan fingerprint density at radius 2 is 1.59 bits per heavy atom. The largest absolute Gasteiger partial charge is 0.322 e. The molecule has 5 nitrogen and oxygen atoms in total. The molecule has 0 bridgehead atoms. The summed E-state index contributed by atoms with van der Waals surface area (Å²) in [5.41, 5.74) is 1.56. The first kappa shape index (κ1) is 21.9. The standard InChI is InChI=1S/C27H19FN2O3S/c28-20-7-11-22(12-8-20)30-25(31)16-24(27(30)33)34-23-13-9-21(10-14-23)29-26(32)19-6-5-17-3-1-2-4-18(17)15-19/h1-15,24H,16H2,(H,29,32). The number of imide groups is 1. The molecule has 0 radical (unpaired) electrons. The Bertz CT molecular complexity index is 1400. The molecular formula is C27H19FN2O3S. The Morgan fingerprint density at radius 3 is 2.32 bits per heavy atom.